The zero-order valence-corrected chi connectivity index (χ0v) is 42.0. The molecule has 4 fully saturated rings. The molecule has 0 aliphatic carbocycles. The molecule has 69 heavy (non-hydrogen) atoms. The Bertz CT molecular complexity index is 2470. The Hall–Kier alpha value is -3.67. The van der Waals surface area contributed by atoms with Crippen LogP contribution in [0.2, 0.25) is 0 Å². The van der Waals surface area contributed by atoms with Crippen molar-refractivity contribution in [1.82, 2.24) is 18.4 Å². The van der Waals surface area contributed by atoms with Crippen LogP contribution >= 0.6 is 12.4 Å². The van der Waals surface area contributed by atoms with Crippen molar-refractivity contribution in [1.29, 1.82) is 0 Å². The van der Waals surface area contributed by atoms with Crippen molar-refractivity contribution in [2.75, 3.05) is 79.7 Å². The van der Waals surface area contributed by atoms with Crippen LogP contribution in [0.25, 0.3) is 0 Å². The van der Waals surface area contributed by atoms with E-state index in [4.69, 9.17) is 28.2 Å². The summed E-state index contributed by atoms with van der Waals surface area (Å²) >= 11 is 0. The number of likely N-dealkylation sites (N-methyl/N-ethyl adjacent to an activating group) is 2. The van der Waals surface area contributed by atoms with Gasteiger partial charge in [-0.3, -0.25) is 4.70 Å². The van der Waals surface area contributed by atoms with Crippen molar-refractivity contribution in [2.24, 2.45) is 0 Å². The van der Waals surface area contributed by atoms with Gasteiger partial charge in [0.25, 0.3) is 0 Å². The lowest BCUT2D eigenvalue weighted by atomic mass is 9.76. The van der Waals surface area contributed by atoms with Crippen LogP contribution in [0.15, 0.2) is 94.7 Å². The quantitative estimate of drug-likeness (QED) is 0.206. The third-order valence-electron chi connectivity index (χ3n) is 12.7. The van der Waals surface area contributed by atoms with Crippen molar-refractivity contribution in [2.45, 2.75) is 82.2 Å². The van der Waals surface area contributed by atoms with Gasteiger partial charge in [-0.15, -0.1) is 12.4 Å². The van der Waals surface area contributed by atoms with E-state index in [0.717, 1.165) is 55.9 Å². The van der Waals surface area contributed by atoms with E-state index in [9.17, 15) is 27.0 Å². The number of aliphatic hydroxyl groups is 1. The van der Waals surface area contributed by atoms with Gasteiger partial charge in [0, 0.05) is 65.6 Å². The topological polar surface area (TPSA) is 177 Å². The predicted molar refractivity (Wildman–Crippen MR) is 269 cm³/mol. The van der Waals surface area contributed by atoms with Gasteiger partial charge in [0.1, 0.15) is 23.0 Å². The lowest BCUT2D eigenvalue weighted by molar-refractivity contribution is 0.00578. The number of rotatable bonds is 10. The van der Waals surface area contributed by atoms with E-state index < -0.39 is 45.5 Å². The van der Waals surface area contributed by atoms with E-state index in [0.29, 0.717) is 61.3 Å². The van der Waals surface area contributed by atoms with E-state index in [1.54, 1.807) is 72.8 Å². The van der Waals surface area contributed by atoms with Gasteiger partial charge >= 0.3 is 14.2 Å². The first kappa shape index (κ1) is 57.9. The maximum absolute atomic E-state index is 12.9. The van der Waals surface area contributed by atoms with Crippen LogP contribution in [0.5, 0.6) is 23.0 Å². The molecule has 0 saturated carbocycles. The summed E-state index contributed by atoms with van der Waals surface area (Å²) in [4.78, 5) is 4.74. The molecule has 22 heteroatoms. The van der Waals surface area contributed by atoms with E-state index in [1.807, 2.05) is 53.9 Å². The maximum Gasteiger partial charge on any atom is 0.495 e. The SMILES string of the molecule is C.C1CCOC1.CN1CCN(S(=O)(=O)c2ccc(Oc3ccc(B4OC(C)(C)C(C)(C)O4)c(CO)c3)cc2)CC1.CN1CCN(S(=O)(=O)c2ccc(Oc3ccc4c(c3)COB4O)cc2)CC1.Cl.F. The minimum Gasteiger partial charge on any atom is -0.457 e. The van der Waals surface area contributed by atoms with Crippen molar-refractivity contribution < 1.29 is 59.8 Å². The largest absolute Gasteiger partial charge is 0.495 e. The fourth-order valence-corrected chi connectivity index (χ4v) is 10.6. The second-order valence-electron chi connectivity index (χ2n) is 18.0. The first-order valence-electron chi connectivity index (χ1n) is 22.4. The van der Waals surface area contributed by atoms with Gasteiger partial charge < -0.3 is 48.1 Å². The number of halogens is 2. The Morgan fingerprint density at radius 1 is 0.623 bits per heavy atom. The lowest BCUT2D eigenvalue weighted by Crippen LogP contribution is -2.46. The number of aliphatic hydroxyl groups excluding tert-OH is 1. The summed E-state index contributed by atoms with van der Waals surface area (Å²) in [6.45, 7) is 14.9. The Kier molecular flexibility index (Phi) is 20.7. The van der Waals surface area contributed by atoms with Crippen LogP contribution < -0.4 is 20.4 Å². The molecule has 5 aliphatic rings. The molecule has 0 radical (unpaired) electrons. The smallest absolute Gasteiger partial charge is 0.457 e. The summed E-state index contributed by atoms with van der Waals surface area (Å²) in [5, 5.41) is 19.6. The van der Waals surface area contributed by atoms with Crippen LogP contribution in [0, 0.1) is 0 Å². The number of hydrogen-bond donors (Lipinski definition) is 2. The van der Waals surface area contributed by atoms with Gasteiger partial charge in [-0.2, -0.15) is 8.61 Å². The Morgan fingerprint density at radius 2 is 1.03 bits per heavy atom. The van der Waals surface area contributed by atoms with Gasteiger partial charge in [0.15, 0.2) is 0 Å². The molecule has 0 unspecified atom stereocenters. The molecule has 380 valence electrons. The highest BCUT2D eigenvalue weighted by molar-refractivity contribution is 7.89. The van der Waals surface area contributed by atoms with Gasteiger partial charge in [-0.1, -0.05) is 19.6 Å². The second kappa shape index (κ2) is 24.6. The maximum atomic E-state index is 12.9. The van der Waals surface area contributed by atoms with Crippen molar-refractivity contribution in [3.8, 4) is 23.0 Å². The minimum atomic E-state index is -3.53. The van der Waals surface area contributed by atoms with Gasteiger partial charge in [-0.25, -0.2) is 16.8 Å². The molecular formula is C47H68B2ClFN4O12S2. The van der Waals surface area contributed by atoms with Crippen LogP contribution in [0.3, 0.4) is 0 Å². The first-order valence-corrected chi connectivity index (χ1v) is 25.3. The van der Waals surface area contributed by atoms with Gasteiger partial charge in [0.2, 0.25) is 20.0 Å². The first-order chi connectivity index (χ1) is 31.4. The molecule has 0 atom stereocenters. The zero-order chi connectivity index (χ0) is 47.3. The van der Waals surface area contributed by atoms with Gasteiger partial charge in [-0.05, 0) is 149 Å². The van der Waals surface area contributed by atoms with Crippen LogP contribution in [0.1, 0.15) is 59.1 Å². The fraction of sp³-hybridized carbons (Fsp3) is 0.489. The van der Waals surface area contributed by atoms with Crippen LogP contribution in [-0.2, 0) is 52.0 Å². The molecular weight excluding hydrogens is 953 g/mol. The third kappa shape index (κ3) is 14.1. The summed E-state index contributed by atoms with van der Waals surface area (Å²) in [6.07, 6.45) is 2.56. The molecule has 0 aromatic heterocycles. The van der Waals surface area contributed by atoms with Crippen LogP contribution in [-0.4, -0.2) is 150 Å². The van der Waals surface area contributed by atoms with E-state index in [-0.39, 0.29) is 40.9 Å². The Morgan fingerprint density at radius 3 is 1.43 bits per heavy atom. The highest BCUT2D eigenvalue weighted by Crippen LogP contribution is 2.37. The summed E-state index contributed by atoms with van der Waals surface area (Å²) in [6, 6.07) is 23.6. The van der Waals surface area contributed by atoms with Crippen molar-refractivity contribution >= 4 is 57.6 Å². The average molecular weight is 1020 g/mol. The number of benzene rings is 4. The second-order valence-corrected chi connectivity index (χ2v) is 21.9. The summed E-state index contributed by atoms with van der Waals surface area (Å²) in [7, 11) is -4.50. The third-order valence-corrected chi connectivity index (χ3v) is 16.5. The van der Waals surface area contributed by atoms with Crippen molar-refractivity contribution in [3.63, 3.8) is 0 Å². The highest BCUT2D eigenvalue weighted by atomic mass is 35.5. The molecule has 4 aromatic rings. The number of piperazine rings is 2. The van der Waals surface area contributed by atoms with Crippen molar-refractivity contribution in [3.05, 3.63) is 96.1 Å². The average Bonchev–Trinajstić information content (AvgIpc) is 4.05. The fourth-order valence-electron chi connectivity index (χ4n) is 7.75. The normalized spacial score (nSPS) is 19.4. The van der Waals surface area contributed by atoms with E-state index >= 15 is 0 Å². The zero-order valence-electron chi connectivity index (χ0n) is 39.5. The van der Waals surface area contributed by atoms with E-state index in [1.165, 1.54) is 21.5 Å². The molecule has 0 amide bonds. The number of ether oxygens (including phenoxy) is 3. The summed E-state index contributed by atoms with van der Waals surface area (Å²) < 4.78 is 88.5. The Balaban J connectivity index is 0.000000266. The number of nitrogens with zero attached hydrogens (tertiary/aromatic N) is 4. The number of sulfonamides is 2. The molecule has 5 aliphatic heterocycles. The number of hydrogen-bond acceptors (Lipinski definition) is 14. The monoisotopic (exact) mass is 1020 g/mol. The Labute approximate surface area is 414 Å². The number of fused-ring (bicyclic) bond motifs is 1. The molecule has 16 nitrogen and oxygen atoms in total. The molecule has 0 spiro atoms. The minimum absolute atomic E-state index is 0. The molecule has 4 aromatic carbocycles. The lowest BCUT2D eigenvalue weighted by Gasteiger charge is -2.32. The molecule has 5 heterocycles. The molecule has 0 bridgehead atoms. The predicted octanol–water partition coefficient (Wildman–Crippen LogP) is 4.85. The van der Waals surface area contributed by atoms with Gasteiger partial charge in [0.05, 0.1) is 34.2 Å². The summed E-state index contributed by atoms with van der Waals surface area (Å²) in [5.41, 5.74) is 2.06. The standard InChI is InChI=1S/C24H33BN2O6S.C18H21BN2O5S.C4H8O.CH4.ClH.FH/c1-23(2)24(3,4)33-25(32-23)22-11-8-20(16-18(22)17-28)31-19-6-9-21(10-7-19)34(29,30)27-14-12-26(5)13-15-27;1-20-8-10-21(11-9-20)27(23,24)17-5-2-15(3-6-17)26-16-4-7-18-14(12-16)13-25-19(18)22;1-2-4-5-3-1;;;/h6-11,16,28H,12-15,17H2,1-5H3;2-7,12,22H,8-11,13H2,1H3;1-4H2;1H4;2*1H. The van der Waals surface area contributed by atoms with E-state index in [2.05, 4.69) is 9.80 Å². The van der Waals surface area contributed by atoms with Crippen LogP contribution in [0.4, 0.5) is 4.70 Å². The molecule has 9 rings (SSSR count). The summed E-state index contributed by atoms with van der Waals surface area (Å²) in [5.74, 6) is 2.19. The highest BCUT2D eigenvalue weighted by Gasteiger charge is 2.52. The molecule has 4 saturated heterocycles. The molecule has 2 N–H and O–H groups in total.